The zero-order valence-corrected chi connectivity index (χ0v) is 22.2. The predicted molar refractivity (Wildman–Crippen MR) is 145 cm³/mol. The van der Waals surface area contributed by atoms with Crippen LogP contribution in [0.1, 0.15) is 40.7 Å². The van der Waals surface area contributed by atoms with Crippen LogP contribution in [0.25, 0.3) is 11.2 Å². The van der Waals surface area contributed by atoms with Crippen LogP contribution in [0.4, 0.5) is 23.2 Å². The fraction of sp³-hybridized carbons (Fsp3) is 0.241. The lowest BCUT2D eigenvalue weighted by atomic mass is 9.99. The molecule has 2 aromatic carbocycles. The molecule has 0 radical (unpaired) electrons. The fourth-order valence-electron chi connectivity index (χ4n) is 4.76. The molecule has 0 saturated carbocycles. The Morgan fingerprint density at radius 2 is 1.90 bits per heavy atom. The van der Waals surface area contributed by atoms with E-state index in [4.69, 9.17) is 11.6 Å². The summed E-state index contributed by atoms with van der Waals surface area (Å²) in [6, 6.07) is 14.0. The molecule has 0 bridgehead atoms. The van der Waals surface area contributed by atoms with Crippen molar-refractivity contribution >= 4 is 34.4 Å². The molecule has 0 aliphatic carbocycles. The Balaban J connectivity index is 1.23. The first-order valence-electron chi connectivity index (χ1n) is 12.6. The third-order valence-corrected chi connectivity index (χ3v) is 6.90. The first kappa shape index (κ1) is 27.5. The number of rotatable bonds is 7. The first-order valence-corrected chi connectivity index (χ1v) is 13.0. The number of aryl methyl sites for hydroxylation is 1. The standard InChI is InChI=1S/C29H25ClF4N4O2/c1-2-24-27(38-17-21(30)6-10-26(38)36-24)28(39)35-16-18-3-9-25(23(31)15-18)37-13-11-20(12-14-37)19-4-7-22(8-5-19)40-29(32,33)34/h3-11,15,17H,2,12-14,16H2,1H3,(H,35,39). The first-order chi connectivity index (χ1) is 19.1. The third kappa shape index (κ3) is 6.07. The molecular formula is C29H25ClF4N4O2. The fourth-order valence-corrected chi connectivity index (χ4v) is 4.92. The topological polar surface area (TPSA) is 58.9 Å². The number of carbonyl (C=O) groups is 1. The van der Waals surface area contributed by atoms with Crippen molar-refractivity contribution < 1.29 is 27.1 Å². The van der Waals surface area contributed by atoms with Crippen molar-refractivity contribution in [2.75, 3.05) is 18.0 Å². The van der Waals surface area contributed by atoms with E-state index in [0.29, 0.717) is 59.2 Å². The number of pyridine rings is 1. The van der Waals surface area contributed by atoms with Gasteiger partial charge in [0.2, 0.25) is 0 Å². The minimum atomic E-state index is -4.74. The maximum absolute atomic E-state index is 15.1. The van der Waals surface area contributed by atoms with Gasteiger partial charge in [0.05, 0.1) is 16.4 Å². The molecular weight excluding hydrogens is 548 g/mol. The lowest BCUT2D eigenvalue weighted by Gasteiger charge is -2.29. The summed E-state index contributed by atoms with van der Waals surface area (Å²) in [5, 5.41) is 3.33. The van der Waals surface area contributed by atoms with Gasteiger partial charge in [0.25, 0.3) is 5.91 Å². The van der Waals surface area contributed by atoms with E-state index in [9.17, 15) is 18.0 Å². The summed E-state index contributed by atoms with van der Waals surface area (Å²) in [5.74, 6) is -1.02. The van der Waals surface area contributed by atoms with Gasteiger partial charge in [0, 0.05) is 25.8 Å². The van der Waals surface area contributed by atoms with Gasteiger partial charge in [-0.3, -0.25) is 9.20 Å². The highest BCUT2D eigenvalue weighted by molar-refractivity contribution is 6.30. The zero-order chi connectivity index (χ0) is 28.4. The summed E-state index contributed by atoms with van der Waals surface area (Å²) in [5.41, 5.74) is 4.46. The molecule has 0 spiro atoms. The van der Waals surface area contributed by atoms with E-state index < -0.39 is 12.2 Å². The van der Waals surface area contributed by atoms with Crippen LogP contribution in [0.3, 0.4) is 0 Å². The van der Waals surface area contributed by atoms with Crippen LogP contribution in [0, 0.1) is 5.82 Å². The summed E-state index contributed by atoms with van der Waals surface area (Å²) in [7, 11) is 0. The summed E-state index contributed by atoms with van der Waals surface area (Å²) in [4.78, 5) is 19.4. The summed E-state index contributed by atoms with van der Waals surface area (Å²) in [6.07, 6.45) is 0.00118. The average molecular weight is 573 g/mol. The minimum absolute atomic E-state index is 0.130. The second-order valence-corrected chi connectivity index (χ2v) is 9.74. The van der Waals surface area contributed by atoms with E-state index >= 15 is 4.39 Å². The molecule has 1 aliphatic rings. The molecule has 0 unspecified atom stereocenters. The van der Waals surface area contributed by atoms with Gasteiger partial charge in [-0.25, -0.2) is 9.37 Å². The van der Waals surface area contributed by atoms with Crippen LogP contribution in [0.2, 0.25) is 5.02 Å². The van der Waals surface area contributed by atoms with Gasteiger partial charge < -0.3 is 15.0 Å². The summed E-state index contributed by atoms with van der Waals surface area (Å²) >= 11 is 6.11. The van der Waals surface area contributed by atoms with Gasteiger partial charge in [-0.15, -0.1) is 13.2 Å². The normalized spacial score (nSPS) is 13.8. The number of alkyl halides is 3. The molecule has 1 amide bonds. The molecule has 2 aromatic heterocycles. The SMILES string of the molecule is CCc1nc2ccc(Cl)cn2c1C(=O)NCc1ccc(N2CC=C(c3ccc(OC(F)(F)F)cc3)CC2)c(F)c1. The van der Waals surface area contributed by atoms with Crippen LogP contribution in [-0.4, -0.2) is 34.7 Å². The monoisotopic (exact) mass is 572 g/mol. The number of fused-ring (bicyclic) bond motifs is 1. The number of benzene rings is 2. The number of nitrogens with zero attached hydrogens (tertiary/aromatic N) is 3. The number of ether oxygens (including phenoxy) is 1. The van der Waals surface area contributed by atoms with E-state index in [1.165, 1.54) is 18.2 Å². The Morgan fingerprint density at radius 3 is 2.55 bits per heavy atom. The maximum atomic E-state index is 15.1. The molecule has 5 rings (SSSR count). The average Bonchev–Trinajstić information content (AvgIpc) is 3.29. The predicted octanol–water partition coefficient (Wildman–Crippen LogP) is 6.81. The Kier molecular flexibility index (Phi) is 7.71. The van der Waals surface area contributed by atoms with Gasteiger partial charge >= 0.3 is 6.36 Å². The number of amides is 1. The largest absolute Gasteiger partial charge is 0.573 e. The molecule has 208 valence electrons. The molecule has 6 nitrogen and oxygen atoms in total. The number of aromatic nitrogens is 2. The minimum Gasteiger partial charge on any atom is -0.406 e. The number of hydrogen-bond donors (Lipinski definition) is 1. The van der Waals surface area contributed by atoms with Crippen molar-refractivity contribution in [3.05, 3.63) is 100 Å². The highest BCUT2D eigenvalue weighted by atomic mass is 35.5. The molecule has 0 fully saturated rings. The lowest BCUT2D eigenvalue weighted by Crippen LogP contribution is -2.29. The van der Waals surface area contributed by atoms with Gasteiger partial charge in [0.15, 0.2) is 0 Å². The number of halogens is 5. The van der Waals surface area contributed by atoms with Crippen molar-refractivity contribution in [3.63, 3.8) is 0 Å². The molecule has 1 N–H and O–H groups in total. The van der Waals surface area contributed by atoms with Gasteiger partial charge in [-0.05, 0) is 65.9 Å². The van der Waals surface area contributed by atoms with Crippen molar-refractivity contribution in [2.45, 2.75) is 32.7 Å². The van der Waals surface area contributed by atoms with E-state index in [-0.39, 0.29) is 18.2 Å². The quantitative estimate of drug-likeness (QED) is 0.247. The van der Waals surface area contributed by atoms with Crippen LogP contribution in [0.15, 0.2) is 66.9 Å². The highest BCUT2D eigenvalue weighted by Crippen LogP contribution is 2.30. The highest BCUT2D eigenvalue weighted by Gasteiger charge is 2.31. The van der Waals surface area contributed by atoms with Gasteiger partial charge in [-0.2, -0.15) is 0 Å². The van der Waals surface area contributed by atoms with E-state index in [0.717, 1.165) is 11.1 Å². The Labute approximate surface area is 232 Å². The van der Waals surface area contributed by atoms with Crippen molar-refractivity contribution in [3.8, 4) is 5.75 Å². The second kappa shape index (κ2) is 11.2. The van der Waals surface area contributed by atoms with Crippen LogP contribution in [-0.2, 0) is 13.0 Å². The molecule has 3 heterocycles. The summed E-state index contributed by atoms with van der Waals surface area (Å²) < 4.78 is 57.8. The van der Waals surface area contributed by atoms with E-state index in [1.54, 1.807) is 47.0 Å². The zero-order valence-electron chi connectivity index (χ0n) is 21.4. The summed E-state index contributed by atoms with van der Waals surface area (Å²) in [6.45, 7) is 3.03. The molecule has 11 heteroatoms. The second-order valence-electron chi connectivity index (χ2n) is 9.30. The maximum Gasteiger partial charge on any atom is 0.573 e. The van der Waals surface area contributed by atoms with Gasteiger partial charge in [-0.1, -0.05) is 42.8 Å². The number of carbonyl (C=O) groups excluding carboxylic acids is 1. The number of hydrogen-bond acceptors (Lipinski definition) is 4. The molecule has 0 saturated heterocycles. The van der Waals surface area contributed by atoms with Crippen LogP contribution < -0.4 is 15.0 Å². The number of nitrogens with one attached hydrogen (secondary N) is 1. The molecule has 0 atom stereocenters. The molecule has 4 aromatic rings. The Morgan fingerprint density at radius 1 is 1.12 bits per heavy atom. The van der Waals surface area contributed by atoms with E-state index in [1.807, 2.05) is 17.9 Å². The third-order valence-electron chi connectivity index (χ3n) is 6.68. The van der Waals surface area contributed by atoms with Crippen molar-refractivity contribution in [1.29, 1.82) is 0 Å². The number of anilines is 1. The Hall–Kier alpha value is -4.05. The smallest absolute Gasteiger partial charge is 0.406 e. The van der Waals surface area contributed by atoms with Crippen molar-refractivity contribution in [2.24, 2.45) is 0 Å². The van der Waals surface area contributed by atoms with E-state index in [2.05, 4.69) is 15.0 Å². The van der Waals surface area contributed by atoms with Gasteiger partial charge in [0.1, 0.15) is 22.9 Å². The Bertz CT molecular complexity index is 1580. The van der Waals surface area contributed by atoms with Crippen LogP contribution >= 0.6 is 11.6 Å². The molecule has 40 heavy (non-hydrogen) atoms. The number of imidazole rings is 1. The molecule has 1 aliphatic heterocycles. The lowest BCUT2D eigenvalue weighted by molar-refractivity contribution is -0.274. The van der Waals surface area contributed by atoms with Crippen molar-refractivity contribution in [1.82, 2.24) is 14.7 Å². The van der Waals surface area contributed by atoms with Crippen LogP contribution in [0.5, 0.6) is 5.75 Å².